The first-order chi connectivity index (χ1) is 13.4. The molecule has 0 saturated carbocycles. The number of anilines is 1. The van der Waals surface area contributed by atoms with E-state index in [1.807, 2.05) is 13.0 Å². The molecule has 152 valence electrons. The first-order valence-corrected chi connectivity index (χ1v) is 9.36. The van der Waals surface area contributed by atoms with E-state index in [1.54, 1.807) is 34.1 Å². The van der Waals surface area contributed by atoms with Crippen molar-refractivity contribution in [3.8, 4) is 0 Å². The molecule has 9 heteroatoms. The lowest BCUT2D eigenvalue weighted by molar-refractivity contribution is -0.138. The van der Waals surface area contributed by atoms with Crippen LogP contribution < -0.4 is 5.01 Å². The van der Waals surface area contributed by atoms with Crippen LogP contribution in [0.15, 0.2) is 35.4 Å². The van der Waals surface area contributed by atoms with Crippen LogP contribution in [0.25, 0.3) is 0 Å². The third-order valence-electron chi connectivity index (χ3n) is 5.20. The van der Waals surface area contributed by atoms with Gasteiger partial charge in [0.15, 0.2) is 6.04 Å². The predicted octanol–water partition coefficient (Wildman–Crippen LogP) is 1.89. The first kappa shape index (κ1) is 20.2. The summed E-state index contributed by atoms with van der Waals surface area (Å²) in [7, 11) is 0. The molecule has 1 amide bonds. The molecule has 2 heterocycles. The van der Waals surface area contributed by atoms with Crippen LogP contribution in [0.1, 0.15) is 19.8 Å². The number of carboxylic acids is 1. The van der Waals surface area contributed by atoms with Gasteiger partial charge in [0.2, 0.25) is 0 Å². The minimum atomic E-state index is -2.41. The molecule has 2 atom stereocenters. The van der Waals surface area contributed by atoms with E-state index >= 15 is 0 Å². The zero-order valence-corrected chi connectivity index (χ0v) is 15.7. The Balaban J connectivity index is 1.74. The lowest BCUT2D eigenvalue weighted by atomic mass is 10.1. The van der Waals surface area contributed by atoms with Gasteiger partial charge in [-0.15, -0.1) is 0 Å². The zero-order chi connectivity index (χ0) is 20.3. The molecule has 28 heavy (non-hydrogen) atoms. The molecule has 2 unspecified atom stereocenters. The molecule has 0 aliphatic carbocycles. The summed E-state index contributed by atoms with van der Waals surface area (Å²) >= 11 is 0. The van der Waals surface area contributed by atoms with Crippen LogP contribution >= 0.6 is 0 Å². The van der Waals surface area contributed by atoms with E-state index < -0.39 is 18.4 Å². The van der Waals surface area contributed by atoms with E-state index in [-0.39, 0.29) is 30.6 Å². The third kappa shape index (κ3) is 4.30. The molecule has 2 aliphatic heterocycles. The molecule has 2 aliphatic rings. The molecule has 1 aromatic carbocycles. The highest BCUT2D eigenvalue weighted by Crippen LogP contribution is 2.26. The quantitative estimate of drug-likeness (QED) is 0.798. The summed E-state index contributed by atoms with van der Waals surface area (Å²) in [5.41, 5.74) is 0.791. The van der Waals surface area contributed by atoms with Gasteiger partial charge in [-0.3, -0.25) is 14.7 Å². The van der Waals surface area contributed by atoms with Gasteiger partial charge in [0, 0.05) is 32.1 Å². The van der Waals surface area contributed by atoms with Gasteiger partial charge in [-0.2, -0.15) is 5.10 Å². The molecule has 0 spiro atoms. The number of nitrogens with zero attached hydrogens (tertiary/aromatic N) is 4. The second-order valence-electron chi connectivity index (χ2n) is 6.98. The van der Waals surface area contributed by atoms with Crippen molar-refractivity contribution in [3.63, 3.8) is 0 Å². The summed E-state index contributed by atoms with van der Waals surface area (Å²) in [5, 5.41) is 15.2. The summed E-state index contributed by atoms with van der Waals surface area (Å²) in [6, 6.07) is 7.76. The molecule has 7 nitrogen and oxygen atoms in total. The average molecular weight is 394 g/mol. The average Bonchev–Trinajstić information content (AvgIpc) is 3.14. The van der Waals surface area contributed by atoms with Crippen LogP contribution in [0.5, 0.6) is 0 Å². The minimum Gasteiger partial charge on any atom is -0.480 e. The maximum absolute atomic E-state index is 12.9. The van der Waals surface area contributed by atoms with Crippen LogP contribution in [0, 0.1) is 0 Å². The fourth-order valence-electron chi connectivity index (χ4n) is 3.72. The molecule has 1 N–H and O–H groups in total. The second-order valence-corrected chi connectivity index (χ2v) is 6.98. The van der Waals surface area contributed by atoms with Gasteiger partial charge in [0.05, 0.1) is 12.2 Å². The van der Waals surface area contributed by atoms with E-state index in [1.165, 1.54) is 5.01 Å². The Kier molecular flexibility index (Phi) is 6.23. The highest BCUT2D eigenvalue weighted by molar-refractivity contribution is 6.40. The third-order valence-corrected chi connectivity index (χ3v) is 5.20. The van der Waals surface area contributed by atoms with Crippen LogP contribution in [0.3, 0.4) is 0 Å². The van der Waals surface area contributed by atoms with Gasteiger partial charge in [-0.05, 0) is 18.6 Å². The number of carboxylic acid groups (broad SMARTS) is 1. The van der Waals surface area contributed by atoms with Crippen molar-refractivity contribution in [2.45, 2.75) is 38.3 Å². The Morgan fingerprint density at radius 1 is 1.25 bits per heavy atom. The van der Waals surface area contributed by atoms with Crippen molar-refractivity contribution in [3.05, 3.63) is 30.3 Å². The Morgan fingerprint density at radius 2 is 1.96 bits per heavy atom. The van der Waals surface area contributed by atoms with Crippen LogP contribution in [0.4, 0.5) is 14.5 Å². The summed E-state index contributed by atoms with van der Waals surface area (Å²) in [6.45, 7) is 2.63. The molecular formula is C19H24F2N4O3. The Morgan fingerprint density at radius 3 is 2.57 bits per heavy atom. The zero-order valence-electron chi connectivity index (χ0n) is 15.7. The van der Waals surface area contributed by atoms with E-state index in [0.29, 0.717) is 31.7 Å². The number of halogens is 2. The molecule has 1 aromatic rings. The number of alkyl halides is 2. The van der Waals surface area contributed by atoms with Crippen molar-refractivity contribution in [2.75, 3.05) is 31.2 Å². The number of hydrazone groups is 1. The van der Waals surface area contributed by atoms with Gasteiger partial charge >= 0.3 is 5.97 Å². The summed E-state index contributed by atoms with van der Waals surface area (Å²) in [4.78, 5) is 27.9. The number of hydrogen-bond acceptors (Lipinski definition) is 5. The van der Waals surface area contributed by atoms with Crippen molar-refractivity contribution in [1.29, 1.82) is 0 Å². The standard InChI is InChI=1S/C19H24F2N4O3/c1-2-13-11-24(9-8-23(13)12-17(20)21)18(26)15-10-16(19(27)28)25(22-15)14-6-4-3-5-7-14/h3-7,13,16-17H,2,8-12H2,1H3,(H,27,28). The molecular weight excluding hydrogens is 370 g/mol. The van der Waals surface area contributed by atoms with Crippen LogP contribution in [0.2, 0.25) is 0 Å². The van der Waals surface area contributed by atoms with E-state index in [9.17, 15) is 23.5 Å². The number of amides is 1. The fourth-order valence-corrected chi connectivity index (χ4v) is 3.72. The van der Waals surface area contributed by atoms with E-state index in [2.05, 4.69) is 5.10 Å². The maximum atomic E-state index is 12.9. The highest BCUT2D eigenvalue weighted by Gasteiger charge is 2.39. The monoisotopic (exact) mass is 394 g/mol. The van der Waals surface area contributed by atoms with Crippen LogP contribution in [-0.2, 0) is 9.59 Å². The largest absolute Gasteiger partial charge is 0.480 e. The summed E-state index contributed by atoms with van der Waals surface area (Å²) in [6.07, 6.45) is -1.75. The summed E-state index contributed by atoms with van der Waals surface area (Å²) in [5.74, 6) is -1.37. The van der Waals surface area contributed by atoms with Crippen LogP contribution in [-0.4, -0.2) is 77.2 Å². The maximum Gasteiger partial charge on any atom is 0.328 e. The lowest BCUT2D eigenvalue weighted by Gasteiger charge is -2.41. The predicted molar refractivity (Wildman–Crippen MR) is 101 cm³/mol. The normalized spacial score (nSPS) is 23.2. The number of carbonyl (C=O) groups is 2. The fraction of sp³-hybridized carbons (Fsp3) is 0.526. The molecule has 0 aromatic heterocycles. The molecule has 0 radical (unpaired) electrons. The van der Waals surface area contributed by atoms with Crippen molar-refractivity contribution in [1.82, 2.24) is 9.80 Å². The number of rotatable bonds is 6. The Labute approximate surface area is 162 Å². The Hall–Kier alpha value is -2.55. The molecule has 0 bridgehead atoms. The SMILES string of the molecule is CCC1CN(C(=O)C2=NN(c3ccccc3)C(C(=O)O)C2)CCN1CC(F)F. The molecule has 1 fully saturated rings. The number of benzene rings is 1. The highest BCUT2D eigenvalue weighted by atomic mass is 19.3. The molecule has 1 saturated heterocycles. The van der Waals surface area contributed by atoms with Gasteiger partial charge in [0.1, 0.15) is 5.71 Å². The minimum absolute atomic E-state index is 0.0110. The number of aliphatic carboxylic acids is 1. The van der Waals surface area contributed by atoms with Gasteiger partial charge in [0.25, 0.3) is 12.3 Å². The number of carbonyl (C=O) groups excluding carboxylic acids is 1. The summed E-state index contributed by atoms with van der Waals surface area (Å²) < 4.78 is 25.5. The number of para-hydroxylation sites is 1. The smallest absolute Gasteiger partial charge is 0.328 e. The topological polar surface area (TPSA) is 76.5 Å². The van der Waals surface area contributed by atoms with Crippen molar-refractivity contribution < 1.29 is 23.5 Å². The number of hydrogen-bond donors (Lipinski definition) is 1. The van der Waals surface area contributed by atoms with Gasteiger partial charge in [-0.25, -0.2) is 13.6 Å². The Bertz CT molecular complexity index is 744. The molecule has 3 rings (SSSR count). The van der Waals surface area contributed by atoms with Crippen molar-refractivity contribution in [2.24, 2.45) is 5.10 Å². The first-order valence-electron chi connectivity index (χ1n) is 9.36. The van der Waals surface area contributed by atoms with E-state index in [4.69, 9.17) is 0 Å². The number of piperazine rings is 1. The van der Waals surface area contributed by atoms with E-state index in [0.717, 1.165) is 0 Å². The van der Waals surface area contributed by atoms with Gasteiger partial charge in [-0.1, -0.05) is 25.1 Å². The van der Waals surface area contributed by atoms with Crippen molar-refractivity contribution >= 4 is 23.3 Å². The van der Waals surface area contributed by atoms with Gasteiger partial charge < -0.3 is 10.0 Å². The lowest BCUT2D eigenvalue weighted by Crippen LogP contribution is -2.56. The second kappa shape index (κ2) is 8.64.